The van der Waals surface area contributed by atoms with E-state index in [4.69, 9.17) is 4.74 Å². The van der Waals surface area contributed by atoms with Crippen LogP contribution >= 0.6 is 0 Å². The number of carbonyl (C=O) groups is 1. The Kier molecular flexibility index (Phi) is 3.92. The number of aliphatic hydroxyl groups is 1. The Hall–Kier alpha value is -1.39. The topological polar surface area (TPSA) is 58.6 Å². The molecule has 4 nitrogen and oxygen atoms in total. The van der Waals surface area contributed by atoms with Crippen molar-refractivity contribution >= 4 is 5.97 Å². The highest BCUT2D eigenvalue weighted by Crippen LogP contribution is 2.39. The molecule has 2 rings (SSSR count). The number of carbonyl (C=O) groups excluding carboxylic acids is 1. The maximum atomic E-state index is 12.2. The third kappa shape index (κ3) is 2.26. The van der Waals surface area contributed by atoms with Crippen molar-refractivity contribution < 1.29 is 14.6 Å². The van der Waals surface area contributed by atoms with Crippen LogP contribution in [0.3, 0.4) is 0 Å². The molecule has 0 spiro atoms. The van der Waals surface area contributed by atoms with Gasteiger partial charge in [-0.25, -0.2) is 4.79 Å². The highest BCUT2D eigenvalue weighted by atomic mass is 16.5. The van der Waals surface area contributed by atoms with Crippen molar-refractivity contribution in [2.75, 3.05) is 13.7 Å². The van der Waals surface area contributed by atoms with Gasteiger partial charge in [0.2, 0.25) is 5.60 Å². The second-order valence-electron chi connectivity index (χ2n) is 5.28. The van der Waals surface area contributed by atoms with Gasteiger partial charge in [0.05, 0.1) is 12.6 Å². The Bertz CT molecular complexity index is 440. The van der Waals surface area contributed by atoms with Gasteiger partial charge in [0.25, 0.3) is 0 Å². The van der Waals surface area contributed by atoms with Gasteiger partial charge >= 0.3 is 5.97 Å². The lowest BCUT2D eigenvalue weighted by Gasteiger charge is -2.46. The third-order valence-corrected chi connectivity index (χ3v) is 4.09. The molecule has 1 aromatic rings. The van der Waals surface area contributed by atoms with E-state index >= 15 is 0 Å². The number of piperidine rings is 1. The molecule has 1 fully saturated rings. The molecule has 1 saturated heterocycles. The summed E-state index contributed by atoms with van der Waals surface area (Å²) in [4.78, 5) is 12.2. The normalized spacial score (nSPS) is 26.5. The van der Waals surface area contributed by atoms with Gasteiger partial charge in [-0.05, 0) is 31.9 Å². The summed E-state index contributed by atoms with van der Waals surface area (Å²) in [5.41, 5.74) is -1.80. The van der Waals surface area contributed by atoms with E-state index < -0.39 is 17.1 Å². The van der Waals surface area contributed by atoms with Crippen molar-refractivity contribution in [1.82, 2.24) is 5.32 Å². The van der Waals surface area contributed by atoms with E-state index in [1.807, 2.05) is 25.1 Å². The summed E-state index contributed by atoms with van der Waals surface area (Å²) in [6.07, 6.45) is 2.77. The van der Waals surface area contributed by atoms with Gasteiger partial charge in [-0.3, -0.25) is 0 Å². The minimum atomic E-state index is -1.66. The predicted octanol–water partition coefficient (Wildman–Crippen LogP) is 1.58. The van der Waals surface area contributed by atoms with Crippen LogP contribution < -0.4 is 5.32 Å². The van der Waals surface area contributed by atoms with Crippen LogP contribution in [0.5, 0.6) is 0 Å². The van der Waals surface area contributed by atoms with Crippen molar-refractivity contribution in [2.45, 2.75) is 37.3 Å². The molecule has 2 N–H and O–H groups in total. The van der Waals surface area contributed by atoms with Crippen molar-refractivity contribution in [2.24, 2.45) is 0 Å². The highest BCUT2D eigenvalue weighted by Gasteiger charge is 2.55. The van der Waals surface area contributed by atoms with Gasteiger partial charge in [-0.1, -0.05) is 36.8 Å². The maximum absolute atomic E-state index is 12.2. The quantitative estimate of drug-likeness (QED) is 0.813. The van der Waals surface area contributed by atoms with Crippen LogP contribution in [0.25, 0.3) is 0 Å². The number of benzene rings is 1. The fraction of sp³-hybridized carbons (Fsp3) is 0.533. The molecule has 1 aliphatic rings. The van der Waals surface area contributed by atoms with Crippen LogP contribution in [0, 0.1) is 0 Å². The van der Waals surface area contributed by atoms with Crippen molar-refractivity contribution in [1.29, 1.82) is 0 Å². The summed E-state index contributed by atoms with van der Waals surface area (Å²) in [5.74, 6) is -0.615. The summed E-state index contributed by atoms with van der Waals surface area (Å²) in [7, 11) is 1.31. The fourth-order valence-electron chi connectivity index (χ4n) is 2.85. The first-order valence-electron chi connectivity index (χ1n) is 6.66. The van der Waals surface area contributed by atoms with Gasteiger partial charge in [0, 0.05) is 0 Å². The predicted molar refractivity (Wildman–Crippen MR) is 72.6 cm³/mol. The number of ether oxygens (including phenoxy) is 1. The summed E-state index contributed by atoms with van der Waals surface area (Å²) >= 11 is 0. The molecular formula is C15H21NO3. The van der Waals surface area contributed by atoms with E-state index in [-0.39, 0.29) is 0 Å². The summed E-state index contributed by atoms with van der Waals surface area (Å²) < 4.78 is 4.86. The lowest BCUT2D eigenvalue weighted by Crippen LogP contribution is -2.64. The van der Waals surface area contributed by atoms with Gasteiger partial charge < -0.3 is 15.2 Å². The van der Waals surface area contributed by atoms with E-state index in [0.717, 1.165) is 25.8 Å². The van der Waals surface area contributed by atoms with E-state index in [1.54, 1.807) is 12.1 Å². The van der Waals surface area contributed by atoms with Gasteiger partial charge in [0.1, 0.15) is 0 Å². The first-order chi connectivity index (χ1) is 9.04. The zero-order chi connectivity index (χ0) is 13.9. The van der Waals surface area contributed by atoms with Crippen LogP contribution in [0.1, 0.15) is 31.7 Å². The van der Waals surface area contributed by atoms with Crippen molar-refractivity contribution in [3.05, 3.63) is 35.9 Å². The number of rotatable bonds is 3. The van der Waals surface area contributed by atoms with Crippen LogP contribution in [0.2, 0.25) is 0 Å². The molecule has 4 heteroatoms. The molecule has 0 unspecified atom stereocenters. The molecule has 1 aliphatic heterocycles. The summed E-state index contributed by atoms with van der Waals surface area (Å²) in [6, 6.07) is 9.01. The Morgan fingerprint density at radius 1 is 1.37 bits per heavy atom. The SMILES string of the molecule is COC(=O)[C@](O)(c1ccccc1)[C@@]1(C)CCCCN1. The second kappa shape index (κ2) is 5.31. The molecular weight excluding hydrogens is 242 g/mol. The maximum Gasteiger partial charge on any atom is 0.344 e. The Morgan fingerprint density at radius 3 is 2.58 bits per heavy atom. The monoisotopic (exact) mass is 263 g/mol. The number of nitrogens with one attached hydrogen (secondary N) is 1. The smallest absolute Gasteiger partial charge is 0.344 e. The third-order valence-electron chi connectivity index (χ3n) is 4.09. The highest BCUT2D eigenvalue weighted by molar-refractivity contribution is 5.83. The summed E-state index contributed by atoms with van der Waals surface area (Å²) in [6.45, 7) is 2.68. The van der Waals surface area contributed by atoms with Gasteiger partial charge in [-0.15, -0.1) is 0 Å². The average Bonchev–Trinajstić information content (AvgIpc) is 2.47. The lowest BCUT2D eigenvalue weighted by molar-refractivity contribution is -0.175. The molecule has 19 heavy (non-hydrogen) atoms. The summed E-state index contributed by atoms with van der Waals surface area (Å²) in [5, 5.41) is 14.4. The number of esters is 1. The zero-order valence-corrected chi connectivity index (χ0v) is 11.5. The van der Waals surface area contributed by atoms with Gasteiger partial charge in [0.15, 0.2) is 0 Å². The first kappa shape index (κ1) is 14.0. The molecule has 0 amide bonds. The first-order valence-corrected chi connectivity index (χ1v) is 6.66. The molecule has 1 heterocycles. The van der Waals surface area contributed by atoms with Crippen LogP contribution in [-0.2, 0) is 15.1 Å². The number of hydrogen-bond donors (Lipinski definition) is 2. The zero-order valence-electron chi connectivity index (χ0n) is 11.5. The molecule has 0 aromatic heterocycles. The Balaban J connectivity index is 2.48. The molecule has 0 aliphatic carbocycles. The van der Waals surface area contributed by atoms with Crippen LogP contribution in [0.15, 0.2) is 30.3 Å². The molecule has 104 valence electrons. The second-order valence-corrected chi connectivity index (χ2v) is 5.28. The number of hydrogen-bond acceptors (Lipinski definition) is 4. The molecule has 1 aromatic carbocycles. The molecule has 0 radical (unpaired) electrons. The number of methoxy groups -OCH3 is 1. The molecule has 0 saturated carbocycles. The standard InChI is InChI=1S/C15H21NO3/c1-14(10-6-7-11-16-14)15(18,13(17)19-2)12-8-4-3-5-9-12/h3-5,8-9,16,18H,6-7,10-11H2,1-2H3/t14-,15-/m1/s1. The van der Waals surface area contributed by atoms with Crippen LogP contribution in [-0.4, -0.2) is 30.3 Å². The van der Waals surface area contributed by atoms with Gasteiger partial charge in [-0.2, -0.15) is 0 Å². The van der Waals surface area contributed by atoms with Crippen LogP contribution in [0.4, 0.5) is 0 Å². The Labute approximate surface area is 113 Å². The fourth-order valence-corrected chi connectivity index (χ4v) is 2.85. The van der Waals surface area contributed by atoms with Crippen molar-refractivity contribution in [3.8, 4) is 0 Å². The molecule has 0 bridgehead atoms. The average molecular weight is 263 g/mol. The molecule has 2 atom stereocenters. The minimum Gasteiger partial charge on any atom is -0.467 e. The van der Waals surface area contributed by atoms with E-state index in [9.17, 15) is 9.90 Å². The van der Waals surface area contributed by atoms with E-state index in [2.05, 4.69) is 5.32 Å². The van der Waals surface area contributed by atoms with Crippen molar-refractivity contribution in [3.63, 3.8) is 0 Å². The van der Waals surface area contributed by atoms with E-state index in [1.165, 1.54) is 7.11 Å². The lowest BCUT2D eigenvalue weighted by atomic mass is 9.71. The Morgan fingerprint density at radius 2 is 2.05 bits per heavy atom. The minimum absolute atomic E-state index is 0.568. The van der Waals surface area contributed by atoms with E-state index in [0.29, 0.717) is 5.56 Å². The largest absolute Gasteiger partial charge is 0.467 e.